The van der Waals surface area contributed by atoms with Gasteiger partial charge in [-0.3, -0.25) is 9.20 Å². The molecule has 4 aromatic rings. The lowest BCUT2D eigenvalue weighted by Crippen LogP contribution is -2.14. The molecule has 0 bridgehead atoms. The largest absolute Gasteiger partial charge is 0.431 e. The monoisotopic (exact) mass is 309 g/mol. The quantitative estimate of drug-likeness (QED) is 0.544. The zero-order chi connectivity index (χ0) is 14.9. The highest BCUT2D eigenvalue weighted by Crippen LogP contribution is 2.25. The van der Waals surface area contributed by atoms with Crippen LogP contribution in [0.4, 0.5) is 0 Å². The number of rotatable bonds is 3. The van der Waals surface area contributed by atoms with Crippen LogP contribution in [-0.2, 0) is 5.75 Å². The molecule has 0 aliphatic heterocycles. The van der Waals surface area contributed by atoms with Crippen molar-refractivity contribution in [2.75, 3.05) is 0 Å². The smallest absolute Gasteiger partial charge is 0.258 e. The van der Waals surface area contributed by atoms with Crippen molar-refractivity contribution in [3.05, 3.63) is 70.8 Å². The molecule has 4 rings (SSSR count). The number of hydrogen-bond donors (Lipinski definition) is 0. The zero-order valence-electron chi connectivity index (χ0n) is 11.5. The van der Waals surface area contributed by atoms with Crippen LogP contribution in [0.5, 0.6) is 0 Å². The van der Waals surface area contributed by atoms with Crippen LogP contribution in [0.25, 0.3) is 16.7 Å². The minimum atomic E-state index is -0.0845. The van der Waals surface area contributed by atoms with Gasteiger partial charge in [0.25, 0.3) is 10.8 Å². The van der Waals surface area contributed by atoms with Crippen LogP contribution < -0.4 is 5.56 Å². The van der Waals surface area contributed by atoms with E-state index in [9.17, 15) is 4.79 Å². The molecular formula is C16H11N3O2S. The van der Waals surface area contributed by atoms with Crippen molar-refractivity contribution in [3.8, 4) is 0 Å². The number of fused-ring (bicyclic) bond motifs is 2. The lowest BCUT2D eigenvalue weighted by Gasteiger charge is -2.02. The van der Waals surface area contributed by atoms with Crippen molar-refractivity contribution in [2.45, 2.75) is 11.0 Å². The van der Waals surface area contributed by atoms with E-state index in [-0.39, 0.29) is 5.56 Å². The SMILES string of the molecule is O=c1cc(CSc2nc3ccccc3o2)nc2ccccn12. The molecule has 0 aliphatic rings. The van der Waals surface area contributed by atoms with Crippen LogP contribution in [0.15, 0.2) is 69.2 Å². The molecule has 6 heteroatoms. The molecule has 0 amide bonds. The molecule has 3 aromatic heterocycles. The predicted molar refractivity (Wildman–Crippen MR) is 85.0 cm³/mol. The van der Waals surface area contributed by atoms with Crippen LogP contribution in [0.1, 0.15) is 5.69 Å². The summed E-state index contributed by atoms with van der Waals surface area (Å²) in [5, 5.41) is 0.580. The first-order valence-corrected chi connectivity index (χ1v) is 7.74. The number of oxazole rings is 1. The normalized spacial score (nSPS) is 11.3. The minimum Gasteiger partial charge on any atom is -0.431 e. The van der Waals surface area contributed by atoms with Gasteiger partial charge < -0.3 is 4.42 Å². The van der Waals surface area contributed by atoms with Crippen molar-refractivity contribution in [1.29, 1.82) is 0 Å². The fourth-order valence-corrected chi connectivity index (χ4v) is 2.96. The second-order valence-corrected chi connectivity index (χ2v) is 5.68. The number of para-hydroxylation sites is 2. The molecule has 0 radical (unpaired) electrons. The summed E-state index contributed by atoms with van der Waals surface area (Å²) in [5.74, 6) is 0.535. The molecule has 0 aliphatic carbocycles. The van der Waals surface area contributed by atoms with E-state index in [2.05, 4.69) is 9.97 Å². The van der Waals surface area contributed by atoms with Gasteiger partial charge >= 0.3 is 0 Å². The Bertz CT molecular complexity index is 989. The zero-order valence-corrected chi connectivity index (χ0v) is 12.3. The van der Waals surface area contributed by atoms with Crippen molar-refractivity contribution < 1.29 is 4.42 Å². The van der Waals surface area contributed by atoms with E-state index in [0.29, 0.717) is 22.3 Å². The Hall–Kier alpha value is -2.60. The van der Waals surface area contributed by atoms with E-state index >= 15 is 0 Å². The summed E-state index contributed by atoms with van der Waals surface area (Å²) in [5.41, 5.74) is 2.86. The molecule has 5 nitrogen and oxygen atoms in total. The Morgan fingerprint density at radius 3 is 2.86 bits per heavy atom. The lowest BCUT2D eigenvalue weighted by molar-refractivity contribution is 0.489. The molecule has 0 saturated carbocycles. The lowest BCUT2D eigenvalue weighted by atomic mass is 10.3. The standard InChI is InChI=1S/C16H11N3O2S/c20-15-9-11(17-14-7-3-4-8-19(14)15)10-22-16-18-12-5-1-2-6-13(12)21-16/h1-9H,10H2. The third kappa shape index (κ3) is 2.37. The van der Waals surface area contributed by atoms with E-state index in [4.69, 9.17) is 4.42 Å². The average molecular weight is 309 g/mol. The highest BCUT2D eigenvalue weighted by atomic mass is 32.2. The van der Waals surface area contributed by atoms with Gasteiger partial charge in [0.2, 0.25) is 0 Å². The first-order valence-electron chi connectivity index (χ1n) is 6.75. The molecule has 0 saturated heterocycles. The highest BCUT2D eigenvalue weighted by molar-refractivity contribution is 7.98. The first-order chi connectivity index (χ1) is 10.8. The Labute approximate surface area is 129 Å². The van der Waals surface area contributed by atoms with Gasteiger partial charge in [-0.05, 0) is 24.3 Å². The van der Waals surface area contributed by atoms with E-state index in [1.165, 1.54) is 16.2 Å². The summed E-state index contributed by atoms with van der Waals surface area (Å²) >= 11 is 1.43. The maximum atomic E-state index is 12.0. The molecule has 0 fully saturated rings. The maximum Gasteiger partial charge on any atom is 0.258 e. The Morgan fingerprint density at radius 2 is 1.95 bits per heavy atom. The molecule has 108 valence electrons. The molecule has 0 atom stereocenters. The van der Waals surface area contributed by atoms with Crippen molar-refractivity contribution in [3.63, 3.8) is 0 Å². The van der Waals surface area contributed by atoms with Gasteiger partial charge in [-0.1, -0.05) is 30.0 Å². The minimum absolute atomic E-state index is 0.0845. The van der Waals surface area contributed by atoms with Gasteiger partial charge in [0.1, 0.15) is 11.2 Å². The topological polar surface area (TPSA) is 60.4 Å². The van der Waals surface area contributed by atoms with Crippen LogP contribution in [0.3, 0.4) is 0 Å². The van der Waals surface area contributed by atoms with E-state index in [1.54, 1.807) is 12.3 Å². The molecule has 1 aromatic carbocycles. The van der Waals surface area contributed by atoms with E-state index < -0.39 is 0 Å². The second-order valence-electron chi connectivity index (χ2n) is 4.75. The van der Waals surface area contributed by atoms with Gasteiger partial charge in [0, 0.05) is 18.0 Å². The fraction of sp³-hybridized carbons (Fsp3) is 0.0625. The number of pyridine rings is 1. The van der Waals surface area contributed by atoms with Crippen molar-refractivity contribution in [1.82, 2.24) is 14.4 Å². The Kier molecular flexibility index (Phi) is 3.16. The van der Waals surface area contributed by atoms with Gasteiger partial charge in [-0.2, -0.15) is 0 Å². The molecular weight excluding hydrogens is 298 g/mol. The Balaban J connectivity index is 1.62. The molecule has 22 heavy (non-hydrogen) atoms. The van der Waals surface area contributed by atoms with E-state index in [1.807, 2.05) is 42.5 Å². The van der Waals surface area contributed by atoms with Crippen LogP contribution in [0.2, 0.25) is 0 Å². The van der Waals surface area contributed by atoms with Crippen molar-refractivity contribution in [2.24, 2.45) is 0 Å². The van der Waals surface area contributed by atoms with E-state index in [0.717, 1.165) is 11.1 Å². The summed E-state index contributed by atoms with van der Waals surface area (Å²) in [7, 11) is 0. The van der Waals surface area contributed by atoms with Gasteiger partial charge in [-0.15, -0.1) is 0 Å². The van der Waals surface area contributed by atoms with Gasteiger partial charge in [-0.25, -0.2) is 9.97 Å². The highest BCUT2D eigenvalue weighted by Gasteiger charge is 2.08. The summed E-state index contributed by atoms with van der Waals surface area (Å²) < 4.78 is 7.17. The number of aromatic nitrogens is 3. The Morgan fingerprint density at radius 1 is 1.09 bits per heavy atom. The molecule has 0 spiro atoms. The number of hydrogen-bond acceptors (Lipinski definition) is 5. The number of benzene rings is 1. The fourth-order valence-electron chi connectivity index (χ4n) is 2.23. The van der Waals surface area contributed by atoms with Gasteiger partial charge in [0.05, 0.1) is 5.69 Å². The van der Waals surface area contributed by atoms with Crippen molar-refractivity contribution >= 4 is 28.5 Å². The molecule has 0 unspecified atom stereocenters. The number of nitrogens with zero attached hydrogens (tertiary/aromatic N) is 3. The second kappa shape index (κ2) is 5.31. The summed E-state index contributed by atoms with van der Waals surface area (Å²) in [6.07, 6.45) is 1.71. The maximum absolute atomic E-state index is 12.0. The van der Waals surface area contributed by atoms with Crippen LogP contribution >= 0.6 is 11.8 Å². The summed E-state index contributed by atoms with van der Waals surface area (Å²) in [4.78, 5) is 20.9. The van der Waals surface area contributed by atoms with Gasteiger partial charge in [0.15, 0.2) is 5.58 Å². The van der Waals surface area contributed by atoms with Crippen LogP contribution in [0, 0.1) is 0 Å². The first kappa shape index (κ1) is 13.1. The summed E-state index contributed by atoms with van der Waals surface area (Å²) in [6, 6.07) is 14.6. The summed E-state index contributed by atoms with van der Waals surface area (Å²) in [6.45, 7) is 0. The third-order valence-electron chi connectivity index (χ3n) is 3.24. The molecule has 0 N–H and O–H groups in total. The number of thioether (sulfide) groups is 1. The predicted octanol–water partition coefficient (Wildman–Crippen LogP) is 3.13. The molecule has 3 heterocycles. The van der Waals surface area contributed by atoms with Crippen LogP contribution in [-0.4, -0.2) is 14.4 Å². The third-order valence-corrected chi connectivity index (χ3v) is 4.10. The average Bonchev–Trinajstić information content (AvgIpc) is 2.96.